The van der Waals surface area contributed by atoms with Gasteiger partial charge in [0.25, 0.3) is 0 Å². The lowest BCUT2D eigenvalue weighted by Crippen LogP contribution is -2.01. The van der Waals surface area contributed by atoms with Crippen molar-refractivity contribution in [2.24, 2.45) is 0 Å². The fourth-order valence-corrected chi connectivity index (χ4v) is 3.12. The van der Waals surface area contributed by atoms with Crippen LogP contribution in [-0.4, -0.2) is 24.5 Å². The number of nitrogens with one attached hydrogen (secondary N) is 1. The van der Waals surface area contributed by atoms with Gasteiger partial charge in [0, 0.05) is 34.7 Å². The predicted molar refractivity (Wildman–Crippen MR) is 102 cm³/mol. The van der Waals surface area contributed by atoms with Crippen LogP contribution in [0.3, 0.4) is 0 Å². The Kier molecular flexibility index (Phi) is 3.57. The first-order chi connectivity index (χ1) is 12.8. The Labute approximate surface area is 154 Å². The molecule has 3 aromatic heterocycles. The van der Waals surface area contributed by atoms with Crippen LogP contribution in [0.1, 0.15) is 18.9 Å². The Bertz CT molecular complexity index is 1070. The molecule has 1 saturated carbocycles. The molecular formula is C19H15ClN6. The van der Waals surface area contributed by atoms with Crippen molar-refractivity contribution in [1.82, 2.24) is 24.5 Å². The van der Waals surface area contributed by atoms with Gasteiger partial charge in [0.1, 0.15) is 11.3 Å². The van der Waals surface area contributed by atoms with Crippen LogP contribution >= 0.6 is 11.6 Å². The number of halogens is 1. The third-order valence-electron chi connectivity index (χ3n) is 4.38. The van der Waals surface area contributed by atoms with Gasteiger partial charge in [-0.05, 0) is 49.2 Å². The quantitative estimate of drug-likeness (QED) is 0.573. The van der Waals surface area contributed by atoms with Gasteiger partial charge >= 0.3 is 0 Å². The molecule has 1 aromatic carbocycles. The lowest BCUT2D eigenvalue weighted by atomic mass is 10.2. The number of hydrogen-bond donors (Lipinski definition) is 1. The summed E-state index contributed by atoms with van der Waals surface area (Å²) in [5, 5.41) is 3.92. The van der Waals surface area contributed by atoms with E-state index in [4.69, 9.17) is 21.6 Å². The van der Waals surface area contributed by atoms with Crippen molar-refractivity contribution in [3.8, 4) is 11.4 Å². The zero-order chi connectivity index (χ0) is 17.5. The number of benzene rings is 1. The van der Waals surface area contributed by atoms with Gasteiger partial charge in [0.05, 0.1) is 6.20 Å². The highest BCUT2D eigenvalue weighted by molar-refractivity contribution is 6.30. The summed E-state index contributed by atoms with van der Waals surface area (Å²) >= 11 is 5.94. The second-order valence-corrected chi connectivity index (χ2v) is 6.74. The number of fused-ring (bicyclic) bond motifs is 1. The van der Waals surface area contributed by atoms with Crippen molar-refractivity contribution in [3.63, 3.8) is 0 Å². The van der Waals surface area contributed by atoms with E-state index in [9.17, 15) is 0 Å². The van der Waals surface area contributed by atoms with Crippen LogP contribution in [0.5, 0.6) is 0 Å². The smallest absolute Gasteiger partial charge is 0.229 e. The summed E-state index contributed by atoms with van der Waals surface area (Å²) < 4.78 is 2.22. The first-order valence-electron chi connectivity index (χ1n) is 8.46. The van der Waals surface area contributed by atoms with Crippen LogP contribution in [0, 0.1) is 0 Å². The van der Waals surface area contributed by atoms with Gasteiger partial charge in [-0.2, -0.15) is 4.98 Å². The van der Waals surface area contributed by atoms with Crippen LogP contribution < -0.4 is 5.32 Å². The van der Waals surface area contributed by atoms with Crippen molar-refractivity contribution in [1.29, 1.82) is 0 Å². The molecule has 0 atom stereocenters. The maximum atomic E-state index is 5.94. The number of anilines is 2. The second kappa shape index (κ2) is 6.07. The highest BCUT2D eigenvalue weighted by Gasteiger charge is 2.29. The van der Waals surface area contributed by atoms with Gasteiger partial charge in [-0.15, -0.1) is 0 Å². The van der Waals surface area contributed by atoms with Gasteiger partial charge in [-0.25, -0.2) is 9.97 Å². The number of rotatable bonds is 4. The molecule has 0 saturated heterocycles. The molecule has 4 aromatic rings. The second-order valence-electron chi connectivity index (χ2n) is 6.31. The molecule has 6 nitrogen and oxygen atoms in total. The standard InChI is InChI=1S/C19H15ClN6/c20-13-1-3-14(4-2-13)23-19-22-11-16-18(25-19)26(15-5-6-15)17(24-16)12-7-9-21-10-8-12/h1-4,7-11,15H,5-6H2,(H,22,23,25). The van der Waals surface area contributed by atoms with Crippen LogP contribution in [-0.2, 0) is 0 Å². The van der Waals surface area contributed by atoms with Crippen molar-refractivity contribution < 1.29 is 0 Å². The van der Waals surface area contributed by atoms with E-state index in [1.165, 1.54) is 0 Å². The van der Waals surface area contributed by atoms with Crippen LogP contribution in [0.25, 0.3) is 22.6 Å². The fourth-order valence-electron chi connectivity index (χ4n) is 3.00. The summed E-state index contributed by atoms with van der Waals surface area (Å²) in [6.07, 6.45) is 7.63. The molecule has 0 unspecified atom stereocenters. The van der Waals surface area contributed by atoms with Gasteiger partial charge in [-0.1, -0.05) is 11.6 Å². The first kappa shape index (κ1) is 15.3. The minimum absolute atomic E-state index is 0.446. The van der Waals surface area contributed by atoms with E-state index in [0.29, 0.717) is 17.0 Å². The Hall–Kier alpha value is -2.99. The Morgan fingerprint density at radius 2 is 1.77 bits per heavy atom. The average Bonchev–Trinajstić information content (AvgIpc) is 3.44. The predicted octanol–water partition coefficient (Wildman–Crippen LogP) is 4.62. The van der Waals surface area contributed by atoms with Crippen LogP contribution in [0.2, 0.25) is 5.02 Å². The summed E-state index contributed by atoms with van der Waals surface area (Å²) in [4.78, 5) is 18.0. The van der Waals surface area contributed by atoms with E-state index in [2.05, 4.69) is 19.9 Å². The van der Waals surface area contributed by atoms with Gasteiger partial charge in [0.2, 0.25) is 5.95 Å². The fraction of sp³-hybridized carbons (Fsp3) is 0.158. The topological polar surface area (TPSA) is 68.5 Å². The van der Waals surface area contributed by atoms with Crippen LogP contribution in [0.15, 0.2) is 55.0 Å². The molecule has 5 rings (SSSR count). The van der Waals surface area contributed by atoms with Gasteiger partial charge in [0.15, 0.2) is 5.65 Å². The van der Waals surface area contributed by atoms with E-state index in [-0.39, 0.29) is 0 Å². The Morgan fingerprint density at radius 3 is 2.50 bits per heavy atom. The third kappa shape index (κ3) is 2.78. The number of imidazole rings is 1. The molecule has 0 radical (unpaired) electrons. The summed E-state index contributed by atoms with van der Waals surface area (Å²) in [7, 11) is 0. The summed E-state index contributed by atoms with van der Waals surface area (Å²) in [6.45, 7) is 0. The molecule has 0 bridgehead atoms. The number of pyridine rings is 1. The SMILES string of the molecule is Clc1ccc(Nc2ncc3nc(-c4ccncc4)n(C4CC4)c3n2)cc1. The molecule has 7 heteroatoms. The molecule has 0 spiro atoms. The zero-order valence-corrected chi connectivity index (χ0v) is 14.6. The minimum Gasteiger partial charge on any atom is -0.324 e. The highest BCUT2D eigenvalue weighted by Crippen LogP contribution is 2.40. The maximum absolute atomic E-state index is 5.94. The highest BCUT2D eigenvalue weighted by atomic mass is 35.5. The maximum Gasteiger partial charge on any atom is 0.229 e. The average molecular weight is 363 g/mol. The number of hydrogen-bond acceptors (Lipinski definition) is 5. The molecule has 1 fully saturated rings. The summed E-state index contributed by atoms with van der Waals surface area (Å²) in [5.74, 6) is 1.46. The van der Waals surface area contributed by atoms with E-state index < -0.39 is 0 Å². The minimum atomic E-state index is 0.446. The first-order valence-corrected chi connectivity index (χ1v) is 8.84. The Morgan fingerprint density at radius 1 is 1.00 bits per heavy atom. The number of aromatic nitrogens is 5. The van der Waals surface area contributed by atoms with E-state index in [0.717, 1.165) is 41.1 Å². The van der Waals surface area contributed by atoms with Gasteiger partial charge < -0.3 is 9.88 Å². The lowest BCUT2D eigenvalue weighted by Gasteiger charge is -2.08. The van der Waals surface area contributed by atoms with E-state index in [1.54, 1.807) is 18.6 Å². The largest absolute Gasteiger partial charge is 0.324 e. The van der Waals surface area contributed by atoms with E-state index in [1.807, 2.05) is 36.4 Å². The lowest BCUT2D eigenvalue weighted by molar-refractivity contribution is 0.766. The van der Waals surface area contributed by atoms with Crippen molar-refractivity contribution >= 4 is 34.4 Å². The molecule has 0 aliphatic heterocycles. The third-order valence-corrected chi connectivity index (χ3v) is 4.64. The molecule has 1 aliphatic rings. The molecular weight excluding hydrogens is 348 g/mol. The van der Waals surface area contributed by atoms with Crippen molar-refractivity contribution in [2.45, 2.75) is 18.9 Å². The Balaban J connectivity index is 1.59. The zero-order valence-electron chi connectivity index (χ0n) is 13.8. The van der Waals surface area contributed by atoms with Gasteiger partial charge in [-0.3, -0.25) is 4.98 Å². The molecule has 0 amide bonds. The van der Waals surface area contributed by atoms with Crippen molar-refractivity contribution in [3.05, 3.63) is 60.0 Å². The molecule has 3 heterocycles. The monoisotopic (exact) mass is 362 g/mol. The van der Waals surface area contributed by atoms with E-state index >= 15 is 0 Å². The normalized spacial score (nSPS) is 13.9. The number of nitrogens with zero attached hydrogens (tertiary/aromatic N) is 5. The molecule has 1 N–H and O–H groups in total. The van der Waals surface area contributed by atoms with Crippen LogP contribution in [0.4, 0.5) is 11.6 Å². The van der Waals surface area contributed by atoms with Crippen molar-refractivity contribution in [2.75, 3.05) is 5.32 Å². The summed E-state index contributed by atoms with van der Waals surface area (Å²) in [5.41, 5.74) is 3.58. The summed E-state index contributed by atoms with van der Waals surface area (Å²) in [6, 6.07) is 11.9. The molecule has 1 aliphatic carbocycles. The molecule has 128 valence electrons. The molecule has 26 heavy (non-hydrogen) atoms.